The number of benzene rings is 2. The fourth-order valence-corrected chi connectivity index (χ4v) is 1.40. The van der Waals surface area contributed by atoms with Gasteiger partial charge in [-0.25, -0.2) is 9.18 Å². The van der Waals surface area contributed by atoms with Crippen LogP contribution in [0.5, 0.6) is 11.5 Å². The number of rotatable bonds is 2. The zero-order chi connectivity index (χ0) is 13.1. The lowest BCUT2D eigenvalue weighted by atomic mass is 10.2. The number of hydrogen-bond acceptors (Lipinski definition) is 4. The van der Waals surface area contributed by atoms with E-state index in [4.69, 9.17) is 10.5 Å². The topological polar surface area (TPSA) is 72.6 Å². The predicted molar refractivity (Wildman–Crippen MR) is 63.9 cm³/mol. The fourth-order valence-electron chi connectivity index (χ4n) is 1.40. The largest absolute Gasteiger partial charge is 0.507 e. The number of aromatic hydroxyl groups is 1. The average molecular weight is 247 g/mol. The molecule has 0 aliphatic rings. The maximum absolute atomic E-state index is 13.3. The van der Waals surface area contributed by atoms with Crippen LogP contribution in [0.2, 0.25) is 0 Å². The molecule has 0 amide bonds. The second-order valence-electron chi connectivity index (χ2n) is 3.60. The first-order valence-electron chi connectivity index (χ1n) is 5.13. The maximum atomic E-state index is 13.3. The van der Waals surface area contributed by atoms with Crippen LogP contribution in [0.15, 0.2) is 42.5 Å². The zero-order valence-electron chi connectivity index (χ0n) is 9.26. The molecule has 0 bridgehead atoms. The molecule has 0 radical (unpaired) electrons. The van der Waals surface area contributed by atoms with Gasteiger partial charge in [-0.2, -0.15) is 0 Å². The number of anilines is 1. The molecule has 0 saturated heterocycles. The van der Waals surface area contributed by atoms with Crippen molar-refractivity contribution in [2.75, 3.05) is 5.73 Å². The molecule has 0 spiro atoms. The van der Waals surface area contributed by atoms with Crippen molar-refractivity contribution in [1.82, 2.24) is 0 Å². The predicted octanol–water partition coefficient (Wildman–Crippen LogP) is 2.33. The third kappa shape index (κ3) is 2.40. The Balaban J connectivity index is 2.25. The van der Waals surface area contributed by atoms with Gasteiger partial charge in [-0.1, -0.05) is 12.1 Å². The van der Waals surface area contributed by atoms with E-state index in [2.05, 4.69) is 0 Å². The summed E-state index contributed by atoms with van der Waals surface area (Å²) in [4.78, 5) is 11.7. The lowest BCUT2D eigenvalue weighted by molar-refractivity contribution is 0.0725. The quantitative estimate of drug-likeness (QED) is 0.485. The van der Waals surface area contributed by atoms with Gasteiger partial charge in [0.2, 0.25) is 0 Å². The first-order chi connectivity index (χ1) is 8.58. The van der Waals surface area contributed by atoms with E-state index >= 15 is 0 Å². The minimum atomic E-state index is -0.849. The Labute approximate surface area is 102 Å². The molecule has 0 aliphatic carbocycles. The van der Waals surface area contributed by atoms with E-state index in [0.29, 0.717) is 5.69 Å². The number of phenolic OH excluding ortho intramolecular Hbond substituents is 1. The first kappa shape index (κ1) is 11.9. The van der Waals surface area contributed by atoms with Gasteiger partial charge < -0.3 is 15.6 Å². The van der Waals surface area contributed by atoms with E-state index in [1.54, 1.807) is 0 Å². The summed E-state index contributed by atoms with van der Waals surface area (Å²) in [5, 5.41) is 9.53. The van der Waals surface area contributed by atoms with Crippen LogP contribution in [0, 0.1) is 5.82 Å². The van der Waals surface area contributed by atoms with Crippen molar-refractivity contribution in [2.24, 2.45) is 0 Å². The van der Waals surface area contributed by atoms with Crippen LogP contribution in [-0.4, -0.2) is 11.1 Å². The molecule has 0 aromatic heterocycles. The van der Waals surface area contributed by atoms with Gasteiger partial charge in [-0.15, -0.1) is 0 Å². The molecule has 92 valence electrons. The van der Waals surface area contributed by atoms with E-state index in [1.807, 2.05) is 0 Å². The molecule has 2 rings (SSSR count). The van der Waals surface area contributed by atoms with Crippen LogP contribution in [0.4, 0.5) is 10.1 Å². The summed E-state index contributed by atoms with van der Waals surface area (Å²) in [6.07, 6.45) is 0. The van der Waals surface area contributed by atoms with Crippen molar-refractivity contribution in [3.8, 4) is 11.5 Å². The average Bonchev–Trinajstić information content (AvgIpc) is 2.32. The number of hydrogen-bond donors (Lipinski definition) is 2. The summed E-state index contributed by atoms with van der Waals surface area (Å²) < 4.78 is 18.1. The van der Waals surface area contributed by atoms with Crippen LogP contribution in [0.3, 0.4) is 0 Å². The van der Waals surface area contributed by atoms with Gasteiger partial charge in [0.05, 0.1) is 0 Å². The Morgan fingerprint density at radius 1 is 1.22 bits per heavy atom. The number of para-hydroxylation sites is 1. The second kappa shape index (κ2) is 4.75. The highest BCUT2D eigenvalue weighted by atomic mass is 19.1. The number of phenols is 1. The van der Waals surface area contributed by atoms with E-state index in [1.165, 1.54) is 42.5 Å². The van der Waals surface area contributed by atoms with Crippen LogP contribution in [0.1, 0.15) is 10.4 Å². The maximum Gasteiger partial charge on any atom is 0.347 e. The minimum Gasteiger partial charge on any atom is -0.507 e. The molecule has 0 unspecified atom stereocenters. The summed E-state index contributed by atoms with van der Waals surface area (Å²) in [7, 11) is 0. The molecular weight excluding hydrogens is 237 g/mol. The van der Waals surface area contributed by atoms with E-state index in [9.17, 15) is 14.3 Å². The van der Waals surface area contributed by atoms with Crippen molar-refractivity contribution < 1.29 is 19.0 Å². The Bertz CT molecular complexity index is 599. The monoisotopic (exact) mass is 247 g/mol. The molecule has 18 heavy (non-hydrogen) atoms. The van der Waals surface area contributed by atoms with Gasteiger partial charge in [0.15, 0.2) is 11.6 Å². The van der Waals surface area contributed by atoms with Gasteiger partial charge in [-0.3, -0.25) is 0 Å². The molecule has 4 nitrogen and oxygen atoms in total. The smallest absolute Gasteiger partial charge is 0.347 e. The van der Waals surface area contributed by atoms with Crippen molar-refractivity contribution >= 4 is 11.7 Å². The Hall–Kier alpha value is -2.56. The molecular formula is C13H10FNO3. The van der Waals surface area contributed by atoms with E-state index in [0.717, 1.165) is 0 Å². The van der Waals surface area contributed by atoms with Crippen LogP contribution < -0.4 is 10.5 Å². The first-order valence-corrected chi connectivity index (χ1v) is 5.13. The van der Waals surface area contributed by atoms with Gasteiger partial charge in [0.1, 0.15) is 11.3 Å². The number of halogens is 1. The van der Waals surface area contributed by atoms with Gasteiger partial charge in [0.25, 0.3) is 0 Å². The summed E-state index contributed by atoms with van der Waals surface area (Å²) in [5.41, 5.74) is 5.67. The van der Waals surface area contributed by atoms with E-state index in [-0.39, 0.29) is 17.1 Å². The Morgan fingerprint density at radius 2 is 1.94 bits per heavy atom. The summed E-state index contributed by atoms with van der Waals surface area (Å²) in [6.45, 7) is 0. The number of carbonyl (C=O) groups is 1. The van der Waals surface area contributed by atoms with Gasteiger partial charge >= 0.3 is 5.97 Å². The minimum absolute atomic E-state index is 0.0764. The molecule has 5 heteroatoms. The van der Waals surface area contributed by atoms with Crippen LogP contribution in [0.25, 0.3) is 0 Å². The molecule has 0 fully saturated rings. The zero-order valence-corrected chi connectivity index (χ0v) is 9.26. The highest BCUT2D eigenvalue weighted by Gasteiger charge is 2.15. The Kier molecular flexibility index (Phi) is 3.14. The summed E-state index contributed by atoms with van der Waals surface area (Å²) in [6, 6.07) is 9.48. The van der Waals surface area contributed by atoms with Gasteiger partial charge in [-0.05, 0) is 24.3 Å². The lowest BCUT2D eigenvalue weighted by Gasteiger charge is -2.07. The Morgan fingerprint density at radius 3 is 2.61 bits per heavy atom. The van der Waals surface area contributed by atoms with Crippen LogP contribution >= 0.6 is 0 Å². The van der Waals surface area contributed by atoms with Crippen molar-refractivity contribution in [2.45, 2.75) is 0 Å². The number of nitrogens with two attached hydrogens (primary N) is 1. The molecule has 0 aliphatic heterocycles. The van der Waals surface area contributed by atoms with Crippen molar-refractivity contribution in [1.29, 1.82) is 0 Å². The molecule has 3 N–H and O–H groups in total. The number of nitrogen functional groups attached to an aromatic ring is 1. The normalized spacial score (nSPS) is 10.1. The molecule has 0 atom stereocenters. The number of carbonyl (C=O) groups excluding carboxylic acids is 1. The van der Waals surface area contributed by atoms with Crippen LogP contribution in [-0.2, 0) is 0 Å². The van der Waals surface area contributed by atoms with Gasteiger partial charge in [0, 0.05) is 11.8 Å². The molecule has 2 aromatic carbocycles. The number of esters is 1. The summed E-state index contributed by atoms with van der Waals surface area (Å²) in [5.74, 6) is -2.01. The standard InChI is InChI=1S/C13H10FNO3/c14-10-3-1-2-4-12(10)18-13(17)9-6-5-8(15)7-11(9)16/h1-7,16H,15H2. The lowest BCUT2D eigenvalue weighted by Crippen LogP contribution is -2.09. The highest BCUT2D eigenvalue weighted by molar-refractivity contribution is 5.94. The summed E-state index contributed by atoms with van der Waals surface area (Å²) >= 11 is 0. The number of ether oxygens (including phenoxy) is 1. The third-order valence-electron chi connectivity index (χ3n) is 2.28. The second-order valence-corrected chi connectivity index (χ2v) is 3.60. The molecule has 0 saturated carbocycles. The SMILES string of the molecule is Nc1ccc(C(=O)Oc2ccccc2F)c(O)c1. The van der Waals surface area contributed by atoms with E-state index < -0.39 is 11.8 Å². The molecule has 2 aromatic rings. The molecule has 0 heterocycles. The van der Waals surface area contributed by atoms with Crippen molar-refractivity contribution in [3.63, 3.8) is 0 Å². The van der Waals surface area contributed by atoms with Crippen molar-refractivity contribution in [3.05, 3.63) is 53.8 Å². The highest BCUT2D eigenvalue weighted by Crippen LogP contribution is 2.23. The fraction of sp³-hybridized carbons (Fsp3) is 0. The third-order valence-corrected chi connectivity index (χ3v) is 2.28.